The fraction of sp³-hybridized carbons (Fsp3) is 0.195. The second kappa shape index (κ2) is 15.6. The van der Waals surface area contributed by atoms with E-state index in [4.69, 9.17) is 10.7 Å². The number of nitrogens with two attached hydrogens (primary N) is 1. The third kappa shape index (κ3) is 7.43. The van der Waals surface area contributed by atoms with Gasteiger partial charge < -0.3 is 10.6 Å². The summed E-state index contributed by atoms with van der Waals surface area (Å²) in [6.07, 6.45) is 22.3. The molecule has 0 fully saturated rings. The molecule has 46 heavy (non-hydrogen) atoms. The van der Waals surface area contributed by atoms with Crippen molar-refractivity contribution in [1.82, 2.24) is 4.90 Å². The Morgan fingerprint density at radius 3 is 2.33 bits per heavy atom. The minimum Gasteiger partial charge on any atom is -0.405 e. The molecule has 0 amide bonds. The van der Waals surface area contributed by atoms with Gasteiger partial charge in [0.1, 0.15) is 6.17 Å². The number of benzene rings is 3. The molecule has 0 radical (unpaired) electrons. The number of hydrogen-bond donors (Lipinski definition) is 1. The Balaban J connectivity index is 1.61. The Morgan fingerprint density at radius 1 is 0.935 bits per heavy atom. The third-order valence-corrected chi connectivity index (χ3v) is 8.94. The number of hydrogen-bond acceptors (Lipinski definition) is 4. The highest BCUT2D eigenvalue weighted by molar-refractivity contribution is 7.94. The van der Waals surface area contributed by atoms with E-state index in [2.05, 4.69) is 91.4 Å². The molecule has 5 heteroatoms. The van der Waals surface area contributed by atoms with Crippen LogP contribution in [0.15, 0.2) is 138 Å². The van der Waals surface area contributed by atoms with Gasteiger partial charge in [0.25, 0.3) is 0 Å². The van der Waals surface area contributed by atoms with E-state index in [0.29, 0.717) is 4.90 Å². The largest absolute Gasteiger partial charge is 0.405 e. The van der Waals surface area contributed by atoms with Crippen LogP contribution in [0.25, 0.3) is 22.4 Å². The lowest BCUT2D eigenvalue weighted by atomic mass is 9.92. The molecule has 2 aliphatic rings. The summed E-state index contributed by atoms with van der Waals surface area (Å²) in [5, 5.41) is 0. The van der Waals surface area contributed by atoms with Crippen LogP contribution in [0.1, 0.15) is 79.1 Å². The molecular formula is C41H42FN3S. The van der Waals surface area contributed by atoms with Crippen molar-refractivity contribution in [3.63, 3.8) is 0 Å². The van der Waals surface area contributed by atoms with Crippen LogP contribution in [-0.4, -0.2) is 17.7 Å². The average molecular weight is 628 g/mol. The van der Waals surface area contributed by atoms with Crippen molar-refractivity contribution >= 4 is 40.3 Å². The molecule has 0 spiro atoms. The zero-order valence-corrected chi connectivity index (χ0v) is 27.7. The molecule has 3 nitrogen and oxygen atoms in total. The molecule has 5 rings (SSSR count). The lowest BCUT2D eigenvalue weighted by molar-refractivity contribution is 0.364. The summed E-state index contributed by atoms with van der Waals surface area (Å²) in [4.78, 5) is 8.03. The molecule has 2 N–H and O–H groups in total. The van der Waals surface area contributed by atoms with Gasteiger partial charge in [-0.1, -0.05) is 91.6 Å². The first-order valence-corrected chi connectivity index (χ1v) is 16.6. The number of allylic oxidation sites excluding steroid dienone is 11. The highest BCUT2D eigenvalue weighted by Gasteiger charge is 2.26. The molecule has 1 aliphatic heterocycles. The molecule has 0 saturated carbocycles. The lowest BCUT2D eigenvalue weighted by Crippen LogP contribution is -2.27. The second-order valence-corrected chi connectivity index (χ2v) is 12.1. The summed E-state index contributed by atoms with van der Waals surface area (Å²) in [5.74, 6) is 0. The zero-order valence-electron chi connectivity index (χ0n) is 26.9. The molecule has 1 atom stereocenters. The second-order valence-electron chi connectivity index (χ2n) is 11.5. The minimum atomic E-state index is -0.284. The van der Waals surface area contributed by atoms with Crippen LogP contribution >= 0.6 is 12.1 Å². The summed E-state index contributed by atoms with van der Waals surface area (Å²) in [7, 11) is 2.09. The van der Waals surface area contributed by atoms with Gasteiger partial charge in [-0.2, -0.15) is 3.89 Å². The first-order chi connectivity index (χ1) is 22.5. The van der Waals surface area contributed by atoms with Crippen LogP contribution in [0, 0.1) is 0 Å². The number of nitrogens with zero attached hydrogens (tertiary/aromatic N) is 2. The maximum Gasteiger partial charge on any atom is 0.147 e. The maximum atomic E-state index is 14.1. The quantitative estimate of drug-likeness (QED) is 0.227. The van der Waals surface area contributed by atoms with Crippen LogP contribution in [-0.2, 0) is 0 Å². The van der Waals surface area contributed by atoms with E-state index in [1.54, 1.807) is 0 Å². The molecule has 1 unspecified atom stereocenters. The standard InChI is InChI=1S/C41H42FN3S/c1-5-11-30(12-6-2)32-17-21-35(22-18-32)41-44-39(37-25-36(26-38(27-37)46-42)29(7-3)23-24-43)28-40(45(41)4)34-19-15-33(16-20-34)31-13-9-8-10-14-31/h5-7,11-13,15-28,41H,1,8-10,14,43H2,2-4H3/b12-6-,24-23-,29-7+,30-11+. The fourth-order valence-corrected chi connectivity index (χ4v) is 6.48. The van der Waals surface area contributed by atoms with Gasteiger partial charge in [-0.15, -0.1) is 0 Å². The SMILES string of the molecule is C=C/C=C(\C=C/C)c1ccc(C2N=C(c3cc(SF)cc(C(/C=C\N)=C/C)c3)C=C(c3ccc(C4=CCCCC4)cc3)N2C)cc1. The average Bonchev–Trinajstić information content (AvgIpc) is 3.11. The van der Waals surface area contributed by atoms with E-state index in [9.17, 15) is 3.89 Å². The molecule has 3 aromatic rings. The fourth-order valence-electron chi connectivity index (χ4n) is 6.14. The van der Waals surface area contributed by atoms with Crippen LogP contribution in [0.5, 0.6) is 0 Å². The van der Waals surface area contributed by atoms with Crippen molar-refractivity contribution in [3.05, 3.63) is 161 Å². The molecule has 0 aromatic heterocycles. The van der Waals surface area contributed by atoms with Crippen molar-refractivity contribution < 1.29 is 3.89 Å². The predicted octanol–water partition coefficient (Wildman–Crippen LogP) is 11.1. The summed E-state index contributed by atoms with van der Waals surface area (Å²) in [6.45, 7) is 7.84. The Morgan fingerprint density at radius 2 is 1.70 bits per heavy atom. The van der Waals surface area contributed by atoms with Crippen LogP contribution in [0.3, 0.4) is 0 Å². The topological polar surface area (TPSA) is 41.6 Å². The van der Waals surface area contributed by atoms with Gasteiger partial charge in [0, 0.05) is 23.2 Å². The molecule has 0 bridgehead atoms. The van der Waals surface area contributed by atoms with Gasteiger partial charge in [0.05, 0.1) is 17.9 Å². The monoisotopic (exact) mass is 627 g/mol. The molecular weight excluding hydrogens is 586 g/mol. The molecule has 0 saturated heterocycles. The van der Waals surface area contributed by atoms with Gasteiger partial charge >= 0.3 is 0 Å². The summed E-state index contributed by atoms with van der Waals surface area (Å²) < 4.78 is 14.1. The maximum absolute atomic E-state index is 14.1. The van der Waals surface area contributed by atoms with Crippen molar-refractivity contribution in [2.45, 2.75) is 50.6 Å². The van der Waals surface area contributed by atoms with E-state index in [-0.39, 0.29) is 18.3 Å². The van der Waals surface area contributed by atoms with Crippen molar-refractivity contribution in [3.8, 4) is 0 Å². The highest BCUT2D eigenvalue weighted by atomic mass is 32.2. The predicted molar refractivity (Wildman–Crippen MR) is 198 cm³/mol. The van der Waals surface area contributed by atoms with Gasteiger partial charge in [-0.05, 0) is 121 Å². The van der Waals surface area contributed by atoms with E-state index in [1.807, 2.05) is 56.4 Å². The Labute approximate surface area is 278 Å². The number of rotatable bonds is 10. The van der Waals surface area contributed by atoms with E-state index >= 15 is 0 Å². The van der Waals surface area contributed by atoms with Crippen LogP contribution in [0.4, 0.5) is 3.89 Å². The van der Waals surface area contributed by atoms with E-state index in [1.165, 1.54) is 30.2 Å². The normalized spacial score (nSPS) is 17.7. The molecule has 3 aromatic carbocycles. The van der Waals surface area contributed by atoms with Gasteiger partial charge in [-0.25, -0.2) is 0 Å². The van der Waals surface area contributed by atoms with Crippen molar-refractivity contribution in [1.29, 1.82) is 0 Å². The lowest BCUT2D eigenvalue weighted by Gasteiger charge is -2.34. The molecule has 1 heterocycles. The Kier molecular flexibility index (Phi) is 11.1. The minimum absolute atomic E-state index is 0.237. The number of aliphatic imine (C=N–C) groups is 1. The summed E-state index contributed by atoms with van der Waals surface area (Å²) in [6, 6.07) is 23.2. The highest BCUT2D eigenvalue weighted by Crippen LogP contribution is 2.37. The van der Waals surface area contributed by atoms with Crippen molar-refractivity contribution in [2.24, 2.45) is 10.7 Å². The zero-order chi connectivity index (χ0) is 32.5. The summed E-state index contributed by atoms with van der Waals surface area (Å²) >= 11 is 0.237. The first-order valence-electron chi connectivity index (χ1n) is 15.9. The Bertz CT molecular complexity index is 1770. The molecule has 234 valence electrons. The molecule has 1 aliphatic carbocycles. The summed E-state index contributed by atoms with van der Waals surface area (Å²) in [5.41, 5.74) is 17.3. The van der Waals surface area contributed by atoms with E-state index < -0.39 is 0 Å². The van der Waals surface area contributed by atoms with Gasteiger partial charge in [-0.3, -0.25) is 4.99 Å². The smallest absolute Gasteiger partial charge is 0.147 e. The first kappa shape index (κ1) is 32.8. The van der Waals surface area contributed by atoms with Gasteiger partial charge in [0.2, 0.25) is 0 Å². The third-order valence-electron chi connectivity index (χ3n) is 8.52. The number of halogens is 1. The van der Waals surface area contributed by atoms with E-state index in [0.717, 1.165) is 63.2 Å². The Hall–Kier alpha value is -4.61. The van der Waals surface area contributed by atoms with Crippen molar-refractivity contribution in [2.75, 3.05) is 7.05 Å². The van der Waals surface area contributed by atoms with Crippen LogP contribution < -0.4 is 5.73 Å². The van der Waals surface area contributed by atoms with Crippen LogP contribution in [0.2, 0.25) is 0 Å². The van der Waals surface area contributed by atoms with Gasteiger partial charge in [0.15, 0.2) is 0 Å².